The molecular weight excluding hydrogens is 210 g/mol. The first-order valence-corrected chi connectivity index (χ1v) is 7.29. The molecule has 0 aliphatic carbocycles. The van der Waals surface area contributed by atoms with Crippen LogP contribution in [0.2, 0.25) is 0 Å². The van der Waals surface area contributed by atoms with E-state index in [1.165, 1.54) is 6.42 Å². The minimum Gasteiger partial charge on any atom is -0.377 e. The summed E-state index contributed by atoms with van der Waals surface area (Å²) in [6.45, 7) is 14.7. The molecule has 0 aromatic heterocycles. The molecule has 1 aliphatic rings. The Balaban J connectivity index is 2.70. The van der Waals surface area contributed by atoms with Crippen molar-refractivity contribution in [3.63, 3.8) is 0 Å². The van der Waals surface area contributed by atoms with Gasteiger partial charge in [0.05, 0.1) is 6.10 Å². The minimum atomic E-state index is 0.388. The summed E-state index contributed by atoms with van der Waals surface area (Å²) < 4.78 is 6.11. The lowest BCUT2D eigenvalue weighted by Gasteiger charge is -2.32. The van der Waals surface area contributed by atoms with Crippen molar-refractivity contribution >= 4 is 0 Å². The summed E-state index contributed by atoms with van der Waals surface area (Å²) in [5.74, 6) is 2.04. The van der Waals surface area contributed by atoms with E-state index in [0.29, 0.717) is 35.9 Å². The molecule has 1 fully saturated rings. The molecular formula is C15H31NO. The van der Waals surface area contributed by atoms with Crippen molar-refractivity contribution < 1.29 is 4.74 Å². The van der Waals surface area contributed by atoms with E-state index < -0.39 is 0 Å². The number of ether oxygens (including phenoxy) is 1. The van der Waals surface area contributed by atoms with E-state index in [9.17, 15) is 0 Å². The standard InChI is InChI=1S/C15H31NO/c1-10(2)9-14-15(12(5)6)16-13(11(3)4)7-8-17-14/h10-16H,7-9H2,1-6H3. The van der Waals surface area contributed by atoms with Crippen molar-refractivity contribution in [1.29, 1.82) is 0 Å². The SMILES string of the molecule is CC(C)CC1OCCC(C(C)C)NC1C(C)C. The second kappa shape index (κ2) is 6.75. The van der Waals surface area contributed by atoms with Crippen LogP contribution in [0, 0.1) is 17.8 Å². The maximum Gasteiger partial charge on any atom is 0.0733 e. The second-order valence-corrected chi connectivity index (χ2v) is 6.61. The van der Waals surface area contributed by atoms with E-state index in [1.54, 1.807) is 0 Å². The van der Waals surface area contributed by atoms with Crippen LogP contribution in [0.3, 0.4) is 0 Å². The molecule has 1 rings (SSSR count). The summed E-state index contributed by atoms with van der Waals surface area (Å²) in [5, 5.41) is 3.85. The Morgan fingerprint density at radius 3 is 2.18 bits per heavy atom. The highest BCUT2D eigenvalue weighted by molar-refractivity contribution is 4.87. The van der Waals surface area contributed by atoms with Gasteiger partial charge in [-0.15, -0.1) is 0 Å². The first-order chi connectivity index (χ1) is 7.91. The van der Waals surface area contributed by atoms with Gasteiger partial charge in [-0.05, 0) is 30.6 Å². The highest BCUT2D eigenvalue weighted by Gasteiger charge is 2.31. The van der Waals surface area contributed by atoms with Crippen LogP contribution in [0.5, 0.6) is 0 Å². The van der Waals surface area contributed by atoms with Gasteiger partial charge in [0.1, 0.15) is 0 Å². The molecule has 0 radical (unpaired) electrons. The first-order valence-electron chi connectivity index (χ1n) is 7.29. The van der Waals surface area contributed by atoms with Crippen LogP contribution < -0.4 is 5.32 Å². The van der Waals surface area contributed by atoms with Crippen molar-refractivity contribution in [2.24, 2.45) is 17.8 Å². The molecule has 102 valence electrons. The van der Waals surface area contributed by atoms with Gasteiger partial charge in [-0.25, -0.2) is 0 Å². The van der Waals surface area contributed by atoms with E-state index in [1.807, 2.05) is 0 Å². The number of nitrogens with one attached hydrogen (secondary N) is 1. The smallest absolute Gasteiger partial charge is 0.0733 e. The predicted octanol–water partition coefficient (Wildman–Crippen LogP) is 3.46. The Labute approximate surface area is 108 Å². The van der Waals surface area contributed by atoms with Crippen LogP contribution in [-0.2, 0) is 4.74 Å². The molecule has 1 saturated heterocycles. The van der Waals surface area contributed by atoms with Gasteiger partial charge in [0, 0.05) is 18.7 Å². The summed E-state index contributed by atoms with van der Waals surface area (Å²) in [6, 6.07) is 1.12. The van der Waals surface area contributed by atoms with Crippen LogP contribution in [0.15, 0.2) is 0 Å². The molecule has 2 heteroatoms. The molecule has 0 aromatic rings. The molecule has 17 heavy (non-hydrogen) atoms. The van der Waals surface area contributed by atoms with Gasteiger partial charge in [0.15, 0.2) is 0 Å². The largest absolute Gasteiger partial charge is 0.377 e. The number of hydrogen-bond acceptors (Lipinski definition) is 2. The van der Waals surface area contributed by atoms with Crippen LogP contribution >= 0.6 is 0 Å². The van der Waals surface area contributed by atoms with Crippen molar-refractivity contribution in [2.45, 2.75) is 72.6 Å². The highest BCUT2D eigenvalue weighted by Crippen LogP contribution is 2.23. The summed E-state index contributed by atoms with van der Waals surface area (Å²) in [5.41, 5.74) is 0. The van der Waals surface area contributed by atoms with Crippen LogP contribution in [0.1, 0.15) is 54.4 Å². The maximum absolute atomic E-state index is 6.11. The molecule has 1 aliphatic heterocycles. The molecule has 0 aromatic carbocycles. The first kappa shape index (κ1) is 15.0. The maximum atomic E-state index is 6.11. The van der Waals surface area contributed by atoms with Crippen molar-refractivity contribution in [2.75, 3.05) is 6.61 Å². The van der Waals surface area contributed by atoms with E-state index in [2.05, 4.69) is 46.9 Å². The molecule has 2 nitrogen and oxygen atoms in total. The zero-order chi connectivity index (χ0) is 13.0. The van der Waals surface area contributed by atoms with Crippen molar-refractivity contribution in [3.05, 3.63) is 0 Å². The molecule has 0 spiro atoms. The molecule has 1 N–H and O–H groups in total. The van der Waals surface area contributed by atoms with Crippen molar-refractivity contribution in [1.82, 2.24) is 5.32 Å². The van der Waals surface area contributed by atoms with Gasteiger partial charge in [-0.3, -0.25) is 0 Å². The minimum absolute atomic E-state index is 0.388. The van der Waals surface area contributed by atoms with E-state index in [0.717, 1.165) is 13.0 Å². The molecule has 0 amide bonds. The zero-order valence-corrected chi connectivity index (χ0v) is 12.5. The van der Waals surface area contributed by atoms with E-state index in [4.69, 9.17) is 4.74 Å². The monoisotopic (exact) mass is 241 g/mol. The second-order valence-electron chi connectivity index (χ2n) is 6.61. The van der Waals surface area contributed by atoms with Gasteiger partial charge in [-0.1, -0.05) is 41.5 Å². The summed E-state index contributed by atoms with van der Waals surface area (Å²) in [6.07, 6.45) is 2.70. The third-order valence-corrected chi connectivity index (χ3v) is 3.79. The molecule has 3 unspecified atom stereocenters. The zero-order valence-electron chi connectivity index (χ0n) is 12.5. The lowest BCUT2D eigenvalue weighted by atomic mass is 9.91. The Hall–Kier alpha value is -0.0800. The fraction of sp³-hybridized carbons (Fsp3) is 1.00. The fourth-order valence-corrected chi connectivity index (χ4v) is 2.71. The summed E-state index contributed by atoms with van der Waals surface area (Å²) in [7, 11) is 0. The van der Waals surface area contributed by atoms with Gasteiger partial charge in [0.25, 0.3) is 0 Å². The van der Waals surface area contributed by atoms with Crippen LogP contribution in [-0.4, -0.2) is 24.8 Å². The topological polar surface area (TPSA) is 21.3 Å². The summed E-state index contributed by atoms with van der Waals surface area (Å²) >= 11 is 0. The Kier molecular flexibility index (Phi) is 5.94. The van der Waals surface area contributed by atoms with Gasteiger partial charge in [0.2, 0.25) is 0 Å². The normalized spacial score (nSPS) is 31.2. The van der Waals surface area contributed by atoms with Gasteiger partial charge >= 0.3 is 0 Å². The van der Waals surface area contributed by atoms with E-state index in [-0.39, 0.29) is 0 Å². The molecule has 1 heterocycles. The lowest BCUT2D eigenvalue weighted by Crippen LogP contribution is -2.49. The third-order valence-electron chi connectivity index (χ3n) is 3.79. The Morgan fingerprint density at radius 1 is 1.06 bits per heavy atom. The van der Waals surface area contributed by atoms with Crippen molar-refractivity contribution in [3.8, 4) is 0 Å². The average molecular weight is 241 g/mol. The number of hydrogen-bond donors (Lipinski definition) is 1. The Morgan fingerprint density at radius 2 is 1.71 bits per heavy atom. The molecule has 3 atom stereocenters. The Bertz CT molecular complexity index is 213. The average Bonchev–Trinajstić information content (AvgIpc) is 2.39. The quantitative estimate of drug-likeness (QED) is 0.814. The fourth-order valence-electron chi connectivity index (χ4n) is 2.71. The predicted molar refractivity (Wildman–Crippen MR) is 74.2 cm³/mol. The molecule has 0 saturated carbocycles. The lowest BCUT2D eigenvalue weighted by molar-refractivity contribution is 0.0181. The highest BCUT2D eigenvalue weighted by atomic mass is 16.5. The van der Waals surface area contributed by atoms with Crippen LogP contribution in [0.4, 0.5) is 0 Å². The molecule has 0 bridgehead atoms. The number of rotatable bonds is 4. The third kappa shape index (κ3) is 4.59. The van der Waals surface area contributed by atoms with Gasteiger partial charge in [-0.2, -0.15) is 0 Å². The van der Waals surface area contributed by atoms with E-state index >= 15 is 0 Å². The van der Waals surface area contributed by atoms with Gasteiger partial charge < -0.3 is 10.1 Å². The van der Waals surface area contributed by atoms with Crippen LogP contribution in [0.25, 0.3) is 0 Å². The summed E-state index contributed by atoms with van der Waals surface area (Å²) in [4.78, 5) is 0.